The maximum Gasteiger partial charge on any atom is 0.335 e. The van der Waals surface area contributed by atoms with Gasteiger partial charge in [-0.2, -0.15) is 0 Å². The minimum absolute atomic E-state index is 0.0901. The Bertz CT molecular complexity index is 2130. The Morgan fingerprint density at radius 3 is 1.77 bits per heavy atom. The summed E-state index contributed by atoms with van der Waals surface area (Å²) in [5.41, 5.74) is -2.17. The van der Waals surface area contributed by atoms with Crippen LogP contribution >= 0.6 is 0 Å². The Morgan fingerprint density at radius 1 is 0.597 bits per heavy atom. The summed E-state index contributed by atoms with van der Waals surface area (Å²) < 4.78 is 48.0. The molecule has 0 amide bonds. The fraction of sp³-hybridized carbons (Fsp3) is 0.943. The lowest BCUT2D eigenvalue weighted by molar-refractivity contribution is -0.375. The van der Waals surface area contributed by atoms with E-state index in [9.17, 15) is 81.4 Å². The van der Waals surface area contributed by atoms with Gasteiger partial charge in [-0.1, -0.05) is 60.1 Å². The number of aliphatic carboxylic acids is 1. The van der Waals surface area contributed by atoms with Gasteiger partial charge >= 0.3 is 5.97 Å². The van der Waals surface area contributed by atoms with Crippen molar-refractivity contribution in [1.29, 1.82) is 0 Å². The van der Waals surface area contributed by atoms with E-state index in [4.69, 9.17) is 37.9 Å². The van der Waals surface area contributed by atoms with Crippen LogP contribution in [-0.4, -0.2) is 244 Å². The van der Waals surface area contributed by atoms with Crippen molar-refractivity contribution in [2.45, 2.75) is 235 Å². The highest BCUT2D eigenvalue weighted by Gasteiger charge is 2.71. The molecule has 0 aromatic heterocycles. The molecule has 8 fully saturated rings. The second-order valence-electron chi connectivity index (χ2n) is 26.0. The summed E-state index contributed by atoms with van der Waals surface area (Å²) in [4.78, 5) is 12.4. The second-order valence-corrected chi connectivity index (χ2v) is 26.0. The Hall–Kier alpha value is -1.67. The summed E-state index contributed by atoms with van der Waals surface area (Å²) in [5, 5.41) is 162. The lowest BCUT2D eigenvalue weighted by atomic mass is 9.33. The molecule has 9 aliphatic rings. The molecule has 24 nitrogen and oxygen atoms in total. The summed E-state index contributed by atoms with van der Waals surface area (Å²) >= 11 is 0. The number of aliphatic hydroxyl groups is 14. The lowest BCUT2D eigenvalue weighted by Crippen LogP contribution is -2.69. The first-order valence-electron chi connectivity index (χ1n) is 27.4. The van der Waals surface area contributed by atoms with E-state index in [1.165, 1.54) is 5.57 Å². The molecule has 22 unspecified atom stereocenters. The van der Waals surface area contributed by atoms with E-state index < -0.39 is 176 Å². The van der Waals surface area contributed by atoms with Gasteiger partial charge in [0.05, 0.1) is 44.7 Å². The van der Waals surface area contributed by atoms with Crippen LogP contribution in [0.15, 0.2) is 11.6 Å². The predicted molar refractivity (Wildman–Crippen MR) is 260 cm³/mol. The Labute approximate surface area is 447 Å². The van der Waals surface area contributed by atoms with E-state index in [0.717, 1.165) is 6.42 Å². The van der Waals surface area contributed by atoms with Gasteiger partial charge in [0.2, 0.25) is 0 Å². The van der Waals surface area contributed by atoms with Crippen molar-refractivity contribution in [3.63, 3.8) is 0 Å². The first kappa shape index (κ1) is 59.9. The zero-order chi connectivity index (χ0) is 56.4. The number of carboxylic acids is 1. The number of hydrogen-bond acceptors (Lipinski definition) is 23. The van der Waals surface area contributed by atoms with E-state index in [1.54, 1.807) is 0 Å². The molecule has 77 heavy (non-hydrogen) atoms. The molecule has 0 spiro atoms. The SMILES string of the molecule is CC1(C)C[C@H]2C3=CCC4[C@@]5(C)CC[C@H](OC6OC(C(=O)O)C(O)C(O)C6OC6OC(CO)C(O)C(O)C6O)[C@](C)(CO)C5CC[C@@]4(C)C3(C)CC[C@@]2(C)[C@H](OC2OCC(O)C(OC3OC(CO)C(O)C(O)C3O)C2O)[C@@H]1O. The molecular formula is C53H86O24. The van der Waals surface area contributed by atoms with E-state index in [0.29, 0.717) is 44.9 Å². The quantitative estimate of drug-likeness (QED) is 0.0689. The molecule has 442 valence electrons. The van der Waals surface area contributed by atoms with Gasteiger partial charge < -0.3 is 114 Å². The van der Waals surface area contributed by atoms with Crippen LogP contribution in [0.2, 0.25) is 0 Å². The van der Waals surface area contributed by atoms with Crippen LogP contribution in [0.25, 0.3) is 0 Å². The van der Waals surface area contributed by atoms with Gasteiger partial charge in [0.15, 0.2) is 31.3 Å². The van der Waals surface area contributed by atoms with Gasteiger partial charge in [0.25, 0.3) is 0 Å². The van der Waals surface area contributed by atoms with Crippen LogP contribution in [-0.2, 0) is 42.7 Å². The van der Waals surface area contributed by atoms with Gasteiger partial charge in [-0.05, 0) is 90.8 Å². The molecule has 30 atom stereocenters. The first-order valence-corrected chi connectivity index (χ1v) is 27.4. The maximum atomic E-state index is 12.4. The number of hydrogen-bond donors (Lipinski definition) is 15. The fourth-order valence-corrected chi connectivity index (χ4v) is 16.4. The van der Waals surface area contributed by atoms with Crippen LogP contribution < -0.4 is 0 Å². The number of allylic oxidation sites excluding steroid dienone is 2. The second kappa shape index (κ2) is 21.5. The molecule has 15 N–H and O–H groups in total. The standard InChI is InChI=1S/C53H86O24/c1-48(2)16-22-21-8-9-27-50(4)12-11-28(73-47-40(34(63)33(62)39(75-47)43(68)69)76-46-36(65)32(61)30(59)25(18-55)72-46)51(5,20-56)26(50)10-13-53(27,7)52(21,6)15-14-49(22,3)42(41(48)67)77-44-37(66)38(23(57)19-70-44)74-45-35(64)31(60)29(58)24(17-54)71-45/h8,22-42,44-47,54-67H,9-20H2,1-7H3,(H,68,69)/t22-,23?,24?,25?,26?,27?,28-,29?,30?,31?,32?,33?,34?,35?,36?,37?,38?,39?,40?,41-,42+,44?,45?,46?,47?,49+,50-,51+,52?,53+/m0/s1. The average molecular weight is 1110 g/mol. The van der Waals surface area contributed by atoms with E-state index >= 15 is 0 Å². The van der Waals surface area contributed by atoms with Gasteiger partial charge in [0, 0.05) is 10.8 Å². The highest BCUT2D eigenvalue weighted by Crippen LogP contribution is 2.76. The third-order valence-electron chi connectivity index (χ3n) is 21.5. The summed E-state index contributed by atoms with van der Waals surface area (Å²) in [7, 11) is 0. The lowest BCUT2D eigenvalue weighted by Gasteiger charge is -2.72. The van der Waals surface area contributed by atoms with Crippen molar-refractivity contribution in [3.8, 4) is 0 Å². The zero-order valence-electron chi connectivity index (χ0n) is 44.9. The van der Waals surface area contributed by atoms with Crippen LogP contribution in [0.5, 0.6) is 0 Å². The molecule has 0 bridgehead atoms. The molecule has 0 aromatic carbocycles. The minimum atomic E-state index is -2.04. The summed E-state index contributed by atoms with van der Waals surface area (Å²) in [6.45, 7) is 12.8. The third-order valence-corrected chi connectivity index (χ3v) is 21.5. The van der Waals surface area contributed by atoms with Gasteiger partial charge in [-0.15, -0.1) is 0 Å². The monoisotopic (exact) mass is 1110 g/mol. The van der Waals surface area contributed by atoms with Gasteiger partial charge in [0.1, 0.15) is 85.5 Å². The molecule has 0 aromatic rings. The summed E-state index contributed by atoms with van der Waals surface area (Å²) in [6, 6.07) is 0. The molecule has 4 aliphatic heterocycles. The van der Waals surface area contributed by atoms with Crippen molar-refractivity contribution < 1.29 is 119 Å². The Kier molecular flexibility index (Phi) is 16.7. The number of ether oxygens (including phenoxy) is 8. The normalized spacial score (nSPS) is 55.7. The van der Waals surface area contributed by atoms with Crippen LogP contribution in [0.3, 0.4) is 0 Å². The number of fused-ring (bicyclic) bond motifs is 7. The number of carboxylic acid groups (broad SMARTS) is 1. The van der Waals surface area contributed by atoms with Gasteiger partial charge in [-0.25, -0.2) is 4.79 Å². The number of rotatable bonds is 12. The van der Waals surface area contributed by atoms with E-state index in [1.807, 2.05) is 20.8 Å². The largest absolute Gasteiger partial charge is 0.479 e. The van der Waals surface area contributed by atoms with E-state index in [-0.39, 0.29) is 41.8 Å². The van der Waals surface area contributed by atoms with E-state index in [2.05, 4.69) is 33.8 Å². The smallest absolute Gasteiger partial charge is 0.335 e. The topological polar surface area (TPSA) is 394 Å². The highest BCUT2D eigenvalue weighted by atomic mass is 16.8. The molecule has 0 radical (unpaired) electrons. The van der Waals surface area contributed by atoms with Crippen molar-refractivity contribution in [1.82, 2.24) is 0 Å². The molecule has 5 aliphatic carbocycles. The predicted octanol–water partition coefficient (Wildman–Crippen LogP) is -2.89. The average Bonchev–Trinajstić information content (AvgIpc) is 3.45. The maximum absolute atomic E-state index is 12.4. The molecule has 4 heterocycles. The Balaban J connectivity index is 0.955. The van der Waals surface area contributed by atoms with Crippen LogP contribution in [0.1, 0.15) is 99.8 Å². The fourth-order valence-electron chi connectivity index (χ4n) is 16.4. The summed E-state index contributed by atoms with van der Waals surface area (Å²) in [6.07, 6.45) is -27.7. The molecular weight excluding hydrogens is 1020 g/mol. The van der Waals surface area contributed by atoms with Gasteiger partial charge in [-0.3, -0.25) is 0 Å². The zero-order valence-corrected chi connectivity index (χ0v) is 44.9. The number of carbonyl (C=O) groups is 1. The summed E-state index contributed by atoms with van der Waals surface area (Å²) in [5.74, 6) is -1.79. The van der Waals surface area contributed by atoms with Crippen molar-refractivity contribution in [2.24, 2.45) is 50.2 Å². The van der Waals surface area contributed by atoms with Crippen LogP contribution in [0.4, 0.5) is 0 Å². The van der Waals surface area contributed by atoms with Crippen molar-refractivity contribution in [3.05, 3.63) is 11.6 Å². The third kappa shape index (κ3) is 9.50. The first-order chi connectivity index (χ1) is 36.0. The molecule has 4 saturated heterocycles. The minimum Gasteiger partial charge on any atom is -0.479 e. The molecule has 9 rings (SSSR count). The number of aliphatic hydroxyl groups excluding tert-OH is 14. The van der Waals surface area contributed by atoms with Crippen molar-refractivity contribution >= 4 is 5.97 Å². The molecule has 4 saturated carbocycles. The van der Waals surface area contributed by atoms with Crippen LogP contribution in [0, 0.1) is 50.2 Å². The Morgan fingerprint density at radius 2 is 1.19 bits per heavy atom. The van der Waals surface area contributed by atoms with Crippen molar-refractivity contribution in [2.75, 3.05) is 26.4 Å². The molecule has 24 heteroatoms. The highest BCUT2D eigenvalue weighted by molar-refractivity contribution is 5.73.